The highest BCUT2D eigenvalue weighted by Gasteiger charge is 2.11. The second kappa shape index (κ2) is 7.97. The number of aliphatic hydroxyl groups excluding tert-OH is 1. The maximum absolute atomic E-state index is 10.3. The SMILES string of the molecule is CN(Cc1ccc(-c2ccccc2N)cc1)CC(O)c1ccccc1. The molecular formula is C22H24N2O. The van der Waals surface area contributed by atoms with Gasteiger partial charge in [-0.25, -0.2) is 0 Å². The van der Waals surface area contributed by atoms with Crippen molar-refractivity contribution in [1.29, 1.82) is 0 Å². The van der Waals surface area contributed by atoms with Gasteiger partial charge in [-0.15, -0.1) is 0 Å². The van der Waals surface area contributed by atoms with E-state index in [0.29, 0.717) is 6.54 Å². The quantitative estimate of drug-likeness (QED) is 0.668. The highest BCUT2D eigenvalue weighted by Crippen LogP contribution is 2.25. The van der Waals surface area contributed by atoms with Crippen molar-refractivity contribution < 1.29 is 5.11 Å². The Morgan fingerprint density at radius 1 is 0.880 bits per heavy atom. The van der Waals surface area contributed by atoms with Crippen molar-refractivity contribution in [1.82, 2.24) is 4.90 Å². The number of anilines is 1. The van der Waals surface area contributed by atoms with Crippen molar-refractivity contribution in [3.8, 4) is 11.1 Å². The Balaban J connectivity index is 1.62. The van der Waals surface area contributed by atoms with E-state index < -0.39 is 6.10 Å². The van der Waals surface area contributed by atoms with Crippen LogP contribution in [0.15, 0.2) is 78.9 Å². The zero-order valence-electron chi connectivity index (χ0n) is 14.5. The van der Waals surface area contributed by atoms with Crippen molar-refractivity contribution in [2.45, 2.75) is 12.6 Å². The van der Waals surface area contributed by atoms with Crippen molar-refractivity contribution in [3.05, 3.63) is 90.0 Å². The molecule has 3 nitrogen and oxygen atoms in total. The number of rotatable bonds is 6. The predicted molar refractivity (Wildman–Crippen MR) is 104 cm³/mol. The molecule has 0 aliphatic rings. The van der Waals surface area contributed by atoms with Crippen LogP contribution in [0.5, 0.6) is 0 Å². The zero-order chi connectivity index (χ0) is 17.6. The van der Waals surface area contributed by atoms with Crippen LogP contribution in [0, 0.1) is 0 Å². The Morgan fingerprint density at radius 2 is 1.52 bits per heavy atom. The lowest BCUT2D eigenvalue weighted by molar-refractivity contribution is 0.124. The molecule has 0 heterocycles. The molecule has 0 radical (unpaired) electrons. The van der Waals surface area contributed by atoms with Gasteiger partial charge in [0, 0.05) is 24.3 Å². The maximum Gasteiger partial charge on any atom is 0.0916 e. The van der Waals surface area contributed by atoms with Gasteiger partial charge in [-0.1, -0.05) is 72.8 Å². The molecule has 0 aliphatic carbocycles. The summed E-state index contributed by atoms with van der Waals surface area (Å²) in [6, 6.07) is 26.1. The number of hydrogen-bond donors (Lipinski definition) is 2. The number of likely N-dealkylation sites (N-methyl/N-ethyl adjacent to an activating group) is 1. The number of nitrogen functional groups attached to an aromatic ring is 1. The van der Waals surface area contributed by atoms with E-state index in [9.17, 15) is 5.11 Å². The van der Waals surface area contributed by atoms with Gasteiger partial charge in [0.05, 0.1) is 6.10 Å². The van der Waals surface area contributed by atoms with Crippen LogP contribution < -0.4 is 5.73 Å². The van der Waals surface area contributed by atoms with Crippen LogP contribution in [-0.2, 0) is 6.54 Å². The minimum absolute atomic E-state index is 0.477. The molecule has 0 saturated carbocycles. The molecule has 3 N–H and O–H groups in total. The normalized spacial score (nSPS) is 12.3. The third-order valence-corrected chi connectivity index (χ3v) is 4.35. The lowest BCUT2D eigenvalue weighted by Crippen LogP contribution is -2.24. The molecule has 0 bridgehead atoms. The minimum atomic E-state index is -0.477. The van der Waals surface area contributed by atoms with Gasteiger partial charge in [0.15, 0.2) is 0 Å². The summed E-state index contributed by atoms with van der Waals surface area (Å²) in [7, 11) is 2.02. The second-order valence-corrected chi connectivity index (χ2v) is 6.41. The number of nitrogens with two attached hydrogens (primary N) is 1. The van der Waals surface area contributed by atoms with E-state index in [1.165, 1.54) is 5.56 Å². The lowest BCUT2D eigenvalue weighted by Gasteiger charge is -2.21. The van der Waals surface area contributed by atoms with Gasteiger partial charge in [0.1, 0.15) is 0 Å². The Labute approximate surface area is 149 Å². The van der Waals surface area contributed by atoms with E-state index in [4.69, 9.17) is 5.73 Å². The van der Waals surface area contributed by atoms with E-state index in [1.807, 2.05) is 61.6 Å². The maximum atomic E-state index is 10.3. The first-order valence-electron chi connectivity index (χ1n) is 8.49. The summed E-state index contributed by atoms with van der Waals surface area (Å²) < 4.78 is 0. The fourth-order valence-electron chi connectivity index (χ4n) is 3.00. The third-order valence-electron chi connectivity index (χ3n) is 4.35. The van der Waals surface area contributed by atoms with Crippen LogP contribution in [-0.4, -0.2) is 23.6 Å². The third kappa shape index (κ3) is 4.47. The molecular weight excluding hydrogens is 308 g/mol. The average Bonchev–Trinajstić information content (AvgIpc) is 2.63. The van der Waals surface area contributed by atoms with Gasteiger partial charge in [0.25, 0.3) is 0 Å². The number of benzene rings is 3. The lowest BCUT2D eigenvalue weighted by atomic mass is 10.0. The Morgan fingerprint density at radius 3 is 2.20 bits per heavy atom. The fraction of sp³-hybridized carbons (Fsp3) is 0.182. The predicted octanol–water partition coefficient (Wildman–Crippen LogP) is 4.10. The topological polar surface area (TPSA) is 49.5 Å². The Bertz CT molecular complexity index is 800. The van der Waals surface area contributed by atoms with Gasteiger partial charge in [-0.05, 0) is 29.8 Å². The van der Waals surface area contributed by atoms with Crippen molar-refractivity contribution in [2.75, 3.05) is 19.3 Å². The van der Waals surface area contributed by atoms with Gasteiger partial charge in [-0.3, -0.25) is 4.90 Å². The molecule has 3 rings (SSSR count). The van der Waals surface area contributed by atoms with E-state index in [2.05, 4.69) is 29.2 Å². The van der Waals surface area contributed by atoms with Crippen LogP contribution in [0.1, 0.15) is 17.2 Å². The van der Waals surface area contributed by atoms with Gasteiger partial charge >= 0.3 is 0 Å². The summed E-state index contributed by atoms with van der Waals surface area (Å²) in [5, 5.41) is 10.3. The monoisotopic (exact) mass is 332 g/mol. The van der Waals surface area contributed by atoms with Crippen LogP contribution in [0.2, 0.25) is 0 Å². The van der Waals surface area contributed by atoms with Crippen molar-refractivity contribution in [3.63, 3.8) is 0 Å². The van der Waals surface area contributed by atoms with Crippen molar-refractivity contribution in [2.24, 2.45) is 0 Å². The summed E-state index contributed by atoms with van der Waals surface area (Å²) in [6.45, 7) is 1.38. The minimum Gasteiger partial charge on any atom is -0.398 e. The molecule has 3 aromatic rings. The molecule has 1 unspecified atom stereocenters. The summed E-state index contributed by atoms with van der Waals surface area (Å²) >= 11 is 0. The van der Waals surface area contributed by atoms with E-state index in [0.717, 1.165) is 28.9 Å². The molecule has 0 saturated heterocycles. The fourth-order valence-corrected chi connectivity index (χ4v) is 3.00. The summed E-state index contributed by atoms with van der Waals surface area (Å²) in [6.07, 6.45) is -0.477. The summed E-state index contributed by atoms with van der Waals surface area (Å²) in [5.74, 6) is 0. The first-order chi connectivity index (χ1) is 12.1. The van der Waals surface area contributed by atoms with Crippen LogP contribution >= 0.6 is 0 Å². The molecule has 25 heavy (non-hydrogen) atoms. The molecule has 1 atom stereocenters. The average molecular weight is 332 g/mol. The van der Waals surface area contributed by atoms with E-state index in [1.54, 1.807) is 0 Å². The highest BCUT2D eigenvalue weighted by molar-refractivity contribution is 5.76. The van der Waals surface area contributed by atoms with Crippen LogP contribution in [0.4, 0.5) is 5.69 Å². The zero-order valence-corrected chi connectivity index (χ0v) is 14.5. The first-order valence-corrected chi connectivity index (χ1v) is 8.49. The Hall–Kier alpha value is -2.62. The van der Waals surface area contributed by atoms with E-state index in [-0.39, 0.29) is 0 Å². The summed E-state index contributed by atoms with van der Waals surface area (Å²) in [5.41, 5.74) is 11.2. The molecule has 128 valence electrons. The molecule has 3 heteroatoms. The van der Waals surface area contributed by atoms with Crippen LogP contribution in [0.25, 0.3) is 11.1 Å². The van der Waals surface area contributed by atoms with Crippen LogP contribution in [0.3, 0.4) is 0 Å². The van der Waals surface area contributed by atoms with E-state index >= 15 is 0 Å². The van der Waals surface area contributed by atoms with Gasteiger partial charge < -0.3 is 10.8 Å². The smallest absolute Gasteiger partial charge is 0.0916 e. The van der Waals surface area contributed by atoms with Gasteiger partial charge in [-0.2, -0.15) is 0 Å². The number of hydrogen-bond acceptors (Lipinski definition) is 3. The molecule has 0 fully saturated rings. The number of para-hydroxylation sites is 1. The highest BCUT2D eigenvalue weighted by atomic mass is 16.3. The number of aliphatic hydroxyl groups is 1. The second-order valence-electron chi connectivity index (χ2n) is 6.41. The first kappa shape index (κ1) is 17.2. The molecule has 3 aromatic carbocycles. The molecule has 0 amide bonds. The number of nitrogens with zero attached hydrogens (tertiary/aromatic N) is 1. The van der Waals surface area contributed by atoms with Gasteiger partial charge in [0.2, 0.25) is 0 Å². The molecule has 0 spiro atoms. The molecule has 0 aromatic heterocycles. The Kier molecular flexibility index (Phi) is 5.49. The summed E-state index contributed by atoms with van der Waals surface area (Å²) in [4.78, 5) is 2.13. The molecule has 0 aliphatic heterocycles. The van der Waals surface area contributed by atoms with Crippen molar-refractivity contribution >= 4 is 5.69 Å². The largest absolute Gasteiger partial charge is 0.398 e. The standard InChI is InChI=1S/C22H24N2O/c1-24(16-22(25)19-7-3-2-4-8-19)15-17-11-13-18(14-12-17)20-9-5-6-10-21(20)23/h2-14,22,25H,15-16,23H2,1H3.